The molecule has 5 heteroatoms. The van der Waals surface area contributed by atoms with Crippen molar-refractivity contribution in [2.24, 2.45) is 5.41 Å². The Bertz CT molecular complexity index is 440. The van der Waals surface area contributed by atoms with Gasteiger partial charge >= 0.3 is 0 Å². The lowest BCUT2D eigenvalue weighted by molar-refractivity contribution is -0.168. The summed E-state index contributed by atoms with van der Waals surface area (Å²) in [6, 6.07) is 0. The molecule has 2 fully saturated rings. The van der Waals surface area contributed by atoms with Crippen molar-refractivity contribution in [2.75, 3.05) is 19.8 Å². The van der Waals surface area contributed by atoms with Gasteiger partial charge in [-0.05, 0) is 12.8 Å². The second-order valence-corrected chi connectivity index (χ2v) is 6.24. The first-order chi connectivity index (χ1) is 10.2. The minimum atomic E-state index is -0.570. The quantitative estimate of drug-likeness (QED) is 0.809. The van der Waals surface area contributed by atoms with E-state index < -0.39 is 6.10 Å². The monoisotopic (exact) mass is 293 g/mol. The molecule has 0 aromatic rings. The Morgan fingerprint density at radius 2 is 1.95 bits per heavy atom. The summed E-state index contributed by atoms with van der Waals surface area (Å²) in [6.07, 6.45) is 11.1. The number of aliphatic hydroxyl groups excluding tert-OH is 1. The molecule has 1 amide bonds. The Morgan fingerprint density at radius 1 is 1.24 bits per heavy atom. The van der Waals surface area contributed by atoms with Crippen LogP contribution < -0.4 is 5.32 Å². The predicted octanol–water partition coefficient (Wildman–Crippen LogP) is 0.934. The Morgan fingerprint density at radius 3 is 2.67 bits per heavy atom. The van der Waals surface area contributed by atoms with Gasteiger partial charge in [0, 0.05) is 12.0 Å². The van der Waals surface area contributed by atoms with E-state index >= 15 is 0 Å². The summed E-state index contributed by atoms with van der Waals surface area (Å²) in [5.41, 5.74) is -0.138. The van der Waals surface area contributed by atoms with Gasteiger partial charge < -0.3 is 19.9 Å². The summed E-state index contributed by atoms with van der Waals surface area (Å²) in [6.45, 7) is 0.927. The molecule has 1 heterocycles. The van der Waals surface area contributed by atoms with E-state index in [0.29, 0.717) is 6.54 Å². The smallest absolute Gasteiger partial charge is 0.251 e. The molecule has 0 bridgehead atoms. The molecule has 0 radical (unpaired) electrons. The van der Waals surface area contributed by atoms with Gasteiger partial charge in [0.2, 0.25) is 0 Å². The number of hydrogen-bond acceptors (Lipinski definition) is 4. The fraction of sp³-hybridized carbons (Fsp3) is 0.688. The van der Waals surface area contributed by atoms with Crippen molar-refractivity contribution in [1.82, 2.24) is 5.32 Å². The van der Waals surface area contributed by atoms with Crippen molar-refractivity contribution in [1.29, 1.82) is 0 Å². The molecular formula is C16H23NO4. The molecule has 0 aromatic carbocycles. The topological polar surface area (TPSA) is 67.8 Å². The maximum Gasteiger partial charge on any atom is 0.251 e. The number of ether oxygens (including phenoxy) is 2. The zero-order chi connectivity index (χ0) is 14.7. The average Bonchev–Trinajstić information content (AvgIpc) is 3.01. The van der Waals surface area contributed by atoms with E-state index in [1.54, 1.807) is 0 Å². The van der Waals surface area contributed by atoms with Crippen molar-refractivity contribution >= 4 is 5.91 Å². The number of nitrogens with one attached hydrogen (secondary N) is 1. The third kappa shape index (κ3) is 3.20. The van der Waals surface area contributed by atoms with E-state index in [1.165, 1.54) is 0 Å². The molecule has 0 aromatic heterocycles. The van der Waals surface area contributed by atoms with Crippen LogP contribution in [0.1, 0.15) is 25.7 Å². The lowest BCUT2D eigenvalue weighted by atomic mass is 9.87. The highest BCUT2D eigenvalue weighted by atomic mass is 16.6. The van der Waals surface area contributed by atoms with Gasteiger partial charge in [0.25, 0.3) is 5.91 Å². The summed E-state index contributed by atoms with van der Waals surface area (Å²) < 4.78 is 11.5. The van der Waals surface area contributed by atoms with Crippen LogP contribution in [0.3, 0.4) is 0 Å². The van der Waals surface area contributed by atoms with E-state index in [4.69, 9.17) is 9.47 Å². The first kappa shape index (κ1) is 14.8. The van der Waals surface area contributed by atoms with Gasteiger partial charge in [-0.3, -0.25) is 4.79 Å². The Labute approximate surface area is 125 Å². The minimum absolute atomic E-state index is 0.0855. The number of hydrogen-bond donors (Lipinski definition) is 2. The third-order valence-electron chi connectivity index (χ3n) is 4.73. The van der Waals surface area contributed by atoms with Gasteiger partial charge in [-0.15, -0.1) is 0 Å². The van der Waals surface area contributed by atoms with Crippen molar-refractivity contribution in [3.63, 3.8) is 0 Å². The standard InChI is InChI=1S/C16H23NO4/c18-11-16(7-3-4-8-16)10-17-15(19)14-9-20-12-5-1-2-6-13(12)21-14/h1-2,5-6,12-14,18H,3-4,7-11H2,(H,17,19). The predicted molar refractivity (Wildman–Crippen MR) is 77.7 cm³/mol. The first-order valence-electron chi connectivity index (χ1n) is 7.73. The molecule has 5 nitrogen and oxygen atoms in total. The van der Waals surface area contributed by atoms with Crippen molar-refractivity contribution in [3.8, 4) is 0 Å². The molecule has 3 rings (SSSR count). The Kier molecular flexibility index (Phi) is 4.42. The van der Waals surface area contributed by atoms with Crippen LogP contribution in [0.5, 0.6) is 0 Å². The molecular weight excluding hydrogens is 270 g/mol. The lowest BCUT2D eigenvalue weighted by Gasteiger charge is -2.35. The Balaban J connectivity index is 1.51. The maximum absolute atomic E-state index is 12.2. The van der Waals surface area contributed by atoms with Crippen molar-refractivity contribution < 1.29 is 19.4 Å². The Hall–Kier alpha value is -1.17. The number of rotatable bonds is 4. The molecule has 1 saturated carbocycles. The van der Waals surface area contributed by atoms with Crippen LogP contribution in [-0.2, 0) is 14.3 Å². The number of amides is 1. The van der Waals surface area contributed by atoms with E-state index in [1.807, 2.05) is 24.3 Å². The van der Waals surface area contributed by atoms with Crippen LogP contribution in [0.4, 0.5) is 0 Å². The molecule has 0 spiro atoms. The molecule has 1 saturated heterocycles. The first-order valence-corrected chi connectivity index (χ1v) is 7.73. The largest absolute Gasteiger partial charge is 0.396 e. The van der Waals surface area contributed by atoms with Crippen LogP contribution >= 0.6 is 0 Å². The summed E-state index contributed by atoms with van der Waals surface area (Å²) in [7, 11) is 0. The number of carbonyl (C=O) groups is 1. The van der Waals surface area contributed by atoms with E-state index in [9.17, 15) is 9.90 Å². The minimum Gasteiger partial charge on any atom is -0.396 e. The van der Waals surface area contributed by atoms with Crippen molar-refractivity contribution in [3.05, 3.63) is 24.3 Å². The SMILES string of the molecule is O=C(NCC1(CO)CCCC1)C1COC2C=CC=CC2O1. The van der Waals surface area contributed by atoms with E-state index in [2.05, 4.69) is 5.32 Å². The number of allylic oxidation sites excluding steroid dienone is 2. The fourth-order valence-electron chi connectivity index (χ4n) is 3.31. The van der Waals surface area contributed by atoms with Crippen LogP contribution in [0, 0.1) is 5.41 Å². The average molecular weight is 293 g/mol. The van der Waals surface area contributed by atoms with Crippen LogP contribution in [0.15, 0.2) is 24.3 Å². The van der Waals surface area contributed by atoms with Gasteiger partial charge in [0.05, 0.1) is 13.2 Å². The molecule has 116 valence electrons. The second-order valence-electron chi connectivity index (χ2n) is 6.24. The van der Waals surface area contributed by atoms with Gasteiger partial charge in [-0.25, -0.2) is 0 Å². The molecule has 21 heavy (non-hydrogen) atoms. The summed E-state index contributed by atoms with van der Waals surface area (Å²) >= 11 is 0. The molecule has 2 aliphatic carbocycles. The maximum atomic E-state index is 12.2. The normalized spacial score (nSPS) is 33.7. The summed E-state index contributed by atoms with van der Waals surface area (Å²) in [5.74, 6) is -0.142. The van der Waals surface area contributed by atoms with Crippen LogP contribution in [-0.4, -0.2) is 49.1 Å². The summed E-state index contributed by atoms with van der Waals surface area (Å²) in [4.78, 5) is 12.2. The third-order valence-corrected chi connectivity index (χ3v) is 4.73. The number of carbonyl (C=O) groups excluding carboxylic acids is 1. The zero-order valence-electron chi connectivity index (χ0n) is 12.2. The van der Waals surface area contributed by atoms with Crippen LogP contribution in [0.25, 0.3) is 0 Å². The highest BCUT2D eigenvalue weighted by Gasteiger charge is 2.37. The molecule has 3 unspecified atom stereocenters. The molecule has 3 atom stereocenters. The van der Waals surface area contributed by atoms with Gasteiger partial charge in [0.1, 0.15) is 12.2 Å². The second kappa shape index (κ2) is 6.30. The van der Waals surface area contributed by atoms with E-state index in [-0.39, 0.29) is 36.7 Å². The lowest BCUT2D eigenvalue weighted by Crippen LogP contribution is -2.51. The van der Waals surface area contributed by atoms with Crippen molar-refractivity contribution in [2.45, 2.75) is 44.0 Å². The fourth-order valence-corrected chi connectivity index (χ4v) is 3.31. The van der Waals surface area contributed by atoms with Gasteiger partial charge in [-0.2, -0.15) is 0 Å². The molecule has 1 aliphatic heterocycles. The summed E-state index contributed by atoms with van der Waals surface area (Å²) in [5, 5.41) is 12.5. The van der Waals surface area contributed by atoms with Gasteiger partial charge in [-0.1, -0.05) is 37.1 Å². The van der Waals surface area contributed by atoms with Crippen LogP contribution in [0.2, 0.25) is 0 Å². The number of aliphatic hydroxyl groups is 1. The molecule has 3 aliphatic rings. The van der Waals surface area contributed by atoms with E-state index in [0.717, 1.165) is 25.7 Å². The highest BCUT2D eigenvalue weighted by molar-refractivity contribution is 5.81. The highest BCUT2D eigenvalue weighted by Crippen LogP contribution is 2.36. The van der Waals surface area contributed by atoms with Gasteiger partial charge in [0.15, 0.2) is 6.10 Å². The zero-order valence-corrected chi connectivity index (χ0v) is 12.2. The number of fused-ring (bicyclic) bond motifs is 1. The molecule has 2 N–H and O–H groups in total.